The average molecular weight is 449 g/mol. The van der Waals surface area contributed by atoms with Gasteiger partial charge in [-0.2, -0.15) is 5.10 Å². The second kappa shape index (κ2) is 10.7. The van der Waals surface area contributed by atoms with E-state index in [1.54, 1.807) is 22.8 Å². The van der Waals surface area contributed by atoms with Crippen molar-refractivity contribution in [1.29, 1.82) is 0 Å². The van der Waals surface area contributed by atoms with Crippen LogP contribution in [-0.4, -0.2) is 63.4 Å². The number of amides is 3. The van der Waals surface area contributed by atoms with Crippen molar-refractivity contribution >= 4 is 23.4 Å². The quantitative estimate of drug-likeness (QED) is 0.621. The maximum Gasteiger partial charge on any atom is 0.254 e. The number of fused-ring (bicyclic) bond motifs is 1. The summed E-state index contributed by atoms with van der Waals surface area (Å²) in [6.07, 6.45) is 5.52. The molecule has 2 aromatic heterocycles. The second-order valence-electron chi connectivity index (χ2n) is 8.19. The number of rotatable bonds is 2. The highest BCUT2D eigenvalue weighted by Gasteiger charge is 2.21. The number of aromatic nitrogens is 3. The molecule has 2 N–H and O–H groups in total. The largest absolute Gasteiger partial charge is 0.356 e. The number of carbonyl (C=O) groups excluding carboxylic acids is 3. The van der Waals surface area contributed by atoms with Crippen LogP contribution in [-0.2, 0) is 9.59 Å². The van der Waals surface area contributed by atoms with Gasteiger partial charge in [-0.1, -0.05) is 30.3 Å². The predicted molar refractivity (Wildman–Crippen MR) is 123 cm³/mol. The van der Waals surface area contributed by atoms with Gasteiger partial charge in [0.15, 0.2) is 5.65 Å². The van der Waals surface area contributed by atoms with Crippen LogP contribution in [0.2, 0.25) is 0 Å². The molecule has 1 saturated heterocycles. The molecule has 0 aliphatic carbocycles. The minimum absolute atomic E-state index is 0.00663. The van der Waals surface area contributed by atoms with E-state index in [0.29, 0.717) is 43.7 Å². The van der Waals surface area contributed by atoms with Gasteiger partial charge >= 0.3 is 0 Å². The molecule has 0 bridgehead atoms. The fourth-order valence-electron chi connectivity index (χ4n) is 4.09. The Balaban J connectivity index is 1.46. The van der Waals surface area contributed by atoms with Crippen molar-refractivity contribution in [3.8, 4) is 0 Å². The van der Waals surface area contributed by atoms with Crippen molar-refractivity contribution in [2.24, 2.45) is 0 Å². The van der Waals surface area contributed by atoms with Crippen LogP contribution in [0.3, 0.4) is 0 Å². The molecule has 1 aromatic carbocycles. The lowest BCUT2D eigenvalue weighted by molar-refractivity contribution is -0.123. The van der Waals surface area contributed by atoms with E-state index in [4.69, 9.17) is 0 Å². The van der Waals surface area contributed by atoms with E-state index < -0.39 is 0 Å². The topological polar surface area (TPSA) is 109 Å². The number of nitrogens with one attached hydrogen (secondary N) is 2. The van der Waals surface area contributed by atoms with Gasteiger partial charge in [0.25, 0.3) is 5.91 Å². The van der Waals surface area contributed by atoms with Crippen molar-refractivity contribution < 1.29 is 14.4 Å². The zero-order chi connectivity index (χ0) is 23.0. The van der Waals surface area contributed by atoms with Crippen molar-refractivity contribution in [1.82, 2.24) is 30.1 Å². The van der Waals surface area contributed by atoms with Gasteiger partial charge in [0, 0.05) is 37.8 Å². The second-order valence-corrected chi connectivity index (χ2v) is 8.19. The van der Waals surface area contributed by atoms with Gasteiger partial charge in [-0.3, -0.25) is 14.4 Å². The molecule has 9 heteroatoms. The molecule has 172 valence electrons. The Labute approximate surface area is 192 Å². The molecule has 4 rings (SSSR count). The summed E-state index contributed by atoms with van der Waals surface area (Å²) in [6, 6.07) is 13.4. The monoisotopic (exact) mass is 448 g/mol. The molecule has 9 nitrogen and oxygen atoms in total. The van der Waals surface area contributed by atoms with Crippen LogP contribution in [0.15, 0.2) is 55.0 Å². The highest BCUT2D eigenvalue weighted by molar-refractivity contribution is 5.97. The Morgan fingerprint density at radius 2 is 1.82 bits per heavy atom. The Bertz CT molecular complexity index is 1110. The number of nitrogens with zero attached hydrogens (tertiary/aromatic N) is 4. The fraction of sp³-hybridized carbons (Fsp3) is 0.375. The third-order valence-corrected chi connectivity index (χ3v) is 5.88. The summed E-state index contributed by atoms with van der Waals surface area (Å²) in [7, 11) is 0. The Hall–Kier alpha value is -3.75. The van der Waals surface area contributed by atoms with Crippen molar-refractivity contribution in [2.45, 2.75) is 31.6 Å². The van der Waals surface area contributed by atoms with Crippen molar-refractivity contribution in [3.05, 3.63) is 66.1 Å². The first-order valence-corrected chi connectivity index (χ1v) is 11.3. The Morgan fingerprint density at radius 1 is 1.00 bits per heavy atom. The summed E-state index contributed by atoms with van der Waals surface area (Å²) in [5.41, 5.74) is 2.16. The van der Waals surface area contributed by atoms with Gasteiger partial charge in [0.05, 0.1) is 6.54 Å². The van der Waals surface area contributed by atoms with Crippen LogP contribution >= 0.6 is 0 Å². The third-order valence-electron chi connectivity index (χ3n) is 5.88. The molecule has 0 saturated carbocycles. The molecular formula is C24H28N6O3. The van der Waals surface area contributed by atoms with E-state index in [1.807, 2.05) is 18.2 Å². The summed E-state index contributed by atoms with van der Waals surface area (Å²) in [5, 5.41) is 9.93. The van der Waals surface area contributed by atoms with Gasteiger partial charge in [0.1, 0.15) is 6.33 Å². The van der Waals surface area contributed by atoms with Gasteiger partial charge < -0.3 is 15.5 Å². The summed E-state index contributed by atoms with van der Waals surface area (Å²) < 4.78 is 1.57. The average Bonchev–Trinajstić information content (AvgIpc) is 3.31. The molecule has 3 heterocycles. The van der Waals surface area contributed by atoms with E-state index in [0.717, 1.165) is 18.4 Å². The number of hydrogen-bond donors (Lipinski definition) is 2. The lowest BCUT2D eigenvalue weighted by Gasteiger charge is -2.24. The first-order valence-electron chi connectivity index (χ1n) is 11.3. The van der Waals surface area contributed by atoms with E-state index in [-0.39, 0.29) is 30.2 Å². The summed E-state index contributed by atoms with van der Waals surface area (Å²) in [4.78, 5) is 43.8. The first-order chi connectivity index (χ1) is 16.1. The lowest BCUT2D eigenvalue weighted by Crippen LogP contribution is -2.42. The molecule has 1 unspecified atom stereocenters. The van der Waals surface area contributed by atoms with Gasteiger partial charge in [-0.15, -0.1) is 0 Å². The number of hydrogen-bond acceptors (Lipinski definition) is 5. The maximum atomic E-state index is 13.2. The molecule has 3 aromatic rings. The minimum Gasteiger partial charge on any atom is -0.356 e. The third kappa shape index (κ3) is 5.94. The van der Waals surface area contributed by atoms with Gasteiger partial charge in [-0.25, -0.2) is 9.50 Å². The Kier molecular flexibility index (Phi) is 7.29. The highest BCUT2D eigenvalue weighted by Crippen LogP contribution is 2.24. The number of pyridine rings is 1. The van der Waals surface area contributed by atoms with Gasteiger partial charge in [-0.05, 0) is 42.9 Å². The predicted octanol–water partition coefficient (Wildman–Crippen LogP) is 1.76. The summed E-state index contributed by atoms with van der Waals surface area (Å²) >= 11 is 0. The lowest BCUT2D eigenvalue weighted by atomic mass is 9.91. The van der Waals surface area contributed by atoms with Gasteiger partial charge in [0.2, 0.25) is 11.8 Å². The van der Waals surface area contributed by atoms with E-state index in [9.17, 15) is 14.4 Å². The molecule has 1 fully saturated rings. The number of carbonyl (C=O) groups is 3. The van der Waals surface area contributed by atoms with Crippen LogP contribution in [0.5, 0.6) is 0 Å². The van der Waals surface area contributed by atoms with Crippen LogP contribution in [0.1, 0.15) is 47.5 Å². The standard InChI is InChI=1S/C24H28N6O3/c31-22-8-7-19(18-5-2-1-3-6-18)9-12-26-23(32)16-29(13-4-11-25-22)24(33)20-10-14-30-21(15-20)27-17-28-30/h1-3,5-6,10,14-15,17,19H,4,7-9,11-13,16H2,(H,25,31)(H,26,32). The normalized spacial score (nSPS) is 18.9. The number of benzene rings is 1. The summed E-state index contributed by atoms with van der Waals surface area (Å²) in [5.74, 6) is -0.268. The first kappa shape index (κ1) is 22.4. The molecule has 1 aliphatic heterocycles. The van der Waals surface area contributed by atoms with E-state index in [2.05, 4.69) is 32.8 Å². The van der Waals surface area contributed by atoms with E-state index >= 15 is 0 Å². The van der Waals surface area contributed by atoms with Crippen LogP contribution < -0.4 is 10.6 Å². The molecule has 1 aliphatic rings. The molecule has 0 spiro atoms. The Morgan fingerprint density at radius 3 is 2.67 bits per heavy atom. The van der Waals surface area contributed by atoms with Crippen LogP contribution in [0.4, 0.5) is 0 Å². The summed E-state index contributed by atoms with van der Waals surface area (Å²) in [6.45, 7) is 1.24. The highest BCUT2D eigenvalue weighted by atomic mass is 16.2. The van der Waals surface area contributed by atoms with E-state index in [1.165, 1.54) is 11.2 Å². The maximum absolute atomic E-state index is 13.2. The van der Waals surface area contributed by atoms with Crippen LogP contribution in [0, 0.1) is 0 Å². The zero-order valence-electron chi connectivity index (χ0n) is 18.4. The zero-order valence-corrected chi connectivity index (χ0v) is 18.4. The fourth-order valence-corrected chi connectivity index (χ4v) is 4.09. The molecule has 33 heavy (non-hydrogen) atoms. The molecule has 3 amide bonds. The van der Waals surface area contributed by atoms with Crippen molar-refractivity contribution in [2.75, 3.05) is 26.2 Å². The SMILES string of the molecule is O=C1CCC(c2ccccc2)CCNC(=O)CN(C(=O)c2ccn3ncnc3c2)CCCN1. The molecule has 1 atom stereocenters. The molecule has 0 radical (unpaired) electrons. The minimum atomic E-state index is -0.253. The molecular weight excluding hydrogens is 420 g/mol. The van der Waals surface area contributed by atoms with Crippen molar-refractivity contribution in [3.63, 3.8) is 0 Å². The smallest absolute Gasteiger partial charge is 0.254 e. The van der Waals surface area contributed by atoms with Crippen LogP contribution in [0.25, 0.3) is 5.65 Å².